The van der Waals surface area contributed by atoms with E-state index in [1.165, 1.54) is 67.7 Å². The molecular weight excluding hydrogens is 685 g/mol. The number of nitrogens with two attached hydrogens (primary N) is 1. The average Bonchev–Trinajstić information content (AvgIpc) is 3.58. The molecule has 0 radical (unpaired) electrons. The van der Waals surface area contributed by atoms with Gasteiger partial charge in [0.2, 0.25) is 0 Å². The molecule has 9 rings (SSSR count). The molecule has 3 N–H and O–H groups in total. The maximum Gasteiger partial charge on any atom is 0.127 e. The monoisotopic (exact) mass is 734 g/mol. The highest BCUT2D eigenvalue weighted by molar-refractivity contribution is 5.95. The van der Waals surface area contributed by atoms with Gasteiger partial charge in [0.15, 0.2) is 0 Å². The molecule has 0 spiro atoms. The van der Waals surface area contributed by atoms with Crippen LogP contribution in [-0.4, -0.2) is 27.1 Å². The van der Waals surface area contributed by atoms with Crippen LogP contribution in [0.1, 0.15) is 78.5 Å². The highest BCUT2D eigenvalue weighted by atomic mass is 16.3. The van der Waals surface area contributed by atoms with Gasteiger partial charge in [-0.3, -0.25) is 5.01 Å². The van der Waals surface area contributed by atoms with E-state index in [-0.39, 0.29) is 5.92 Å². The molecule has 0 saturated heterocycles. The molecule has 5 nitrogen and oxygen atoms in total. The Bertz CT molecular complexity index is 2450. The summed E-state index contributed by atoms with van der Waals surface area (Å²) in [6.07, 6.45) is 28.7. The molecule has 0 fully saturated rings. The number of allylic oxidation sites excluding steroid dienone is 10. The van der Waals surface area contributed by atoms with Crippen molar-refractivity contribution in [2.45, 2.75) is 57.9 Å². The minimum absolute atomic E-state index is 0.0775. The van der Waals surface area contributed by atoms with E-state index in [4.69, 9.17) is 10.8 Å². The lowest BCUT2D eigenvalue weighted by Gasteiger charge is -2.27. The number of amidine groups is 1. The van der Waals surface area contributed by atoms with Crippen LogP contribution in [0.15, 0.2) is 151 Å². The molecule has 0 aliphatic heterocycles. The van der Waals surface area contributed by atoms with Gasteiger partial charge in [-0.2, -0.15) is 5.10 Å². The van der Waals surface area contributed by atoms with Crippen molar-refractivity contribution in [2.24, 2.45) is 22.7 Å². The fourth-order valence-corrected chi connectivity index (χ4v) is 8.91. The molecule has 1 heterocycles. The van der Waals surface area contributed by atoms with Gasteiger partial charge in [-0.1, -0.05) is 115 Å². The van der Waals surface area contributed by atoms with E-state index in [0.29, 0.717) is 17.5 Å². The van der Waals surface area contributed by atoms with Crippen molar-refractivity contribution < 1.29 is 5.11 Å². The molecule has 0 bridgehead atoms. The van der Waals surface area contributed by atoms with Gasteiger partial charge in [0.25, 0.3) is 0 Å². The van der Waals surface area contributed by atoms with E-state index in [1.54, 1.807) is 6.07 Å². The summed E-state index contributed by atoms with van der Waals surface area (Å²) in [6.45, 7) is 1.68. The Kier molecular flexibility index (Phi) is 10.2. The first-order valence-corrected chi connectivity index (χ1v) is 20.4. The molecule has 280 valence electrons. The average molecular weight is 735 g/mol. The number of rotatable bonds is 10. The first-order chi connectivity index (χ1) is 27.6. The zero-order chi connectivity index (χ0) is 37.8. The minimum Gasteiger partial charge on any atom is -0.507 e. The Morgan fingerprint density at radius 2 is 1.59 bits per heavy atom. The van der Waals surface area contributed by atoms with Gasteiger partial charge in [-0.25, -0.2) is 0 Å². The number of phenolic OH excluding ortho intramolecular Hbond substituents is 1. The molecule has 4 aromatic carbocycles. The Labute approximate surface area is 330 Å². The molecule has 5 aromatic rings. The largest absolute Gasteiger partial charge is 0.507 e. The number of hydrogen-bond donors (Lipinski definition) is 2. The van der Waals surface area contributed by atoms with E-state index in [1.807, 2.05) is 18.2 Å². The van der Waals surface area contributed by atoms with Crippen LogP contribution in [-0.2, 0) is 13.0 Å². The van der Waals surface area contributed by atoms with Gasteiger partial charge >= 0.3 is 0 Å². The van der Waals surface area contributed by atoms with Crippen molar-refractivity contribution in [2.75, 3.05) is 6.54 Å². The van der Waals surface area contributed by atoms with Crippen LogP contribution in [0.2, 0.25) is 0 Å². The van der Waals surface area contributed by atoms with Gasteiger partial charge in [-0.15, -0.1) is 0 Å². The fraction of sp³-hybridized carbons (Fsp3) is 0.235. The van der Waals surface area contributed by atoms with Crippen LogP contribution >= 0.6 is 0 Å². The summed E-state index contributed by atoms with van der Waals surface area (Å²) in [6, 6.07) is 34.2. The standard InChI is InChI=1S/C51H50N4O/c52-51(53-54(34-36-11-3-1-4-12-36)35-37-13-5-2-6-14-37)42-25-21-40(22-26-42)43-29-32-49-47(33-43)46-16-7-9-17-48(46)55(49)44-30-27-39(28-31-44)38-19-23-41(24-20-38)45-15-8-10-18-50(45)56/h1-5,8-12,15,17-19,21-23,25,27-33,37,42,56H,6-7,13-14,16,20,24,26,34-35H2,(H2,52,53). The molecule has 4 aliphatic rings. The molecule has 1 aromatic heterocycles. The highest BCUT2D eigenvalue weighted by Gasteiger charge is 2.22. The first kappa shape index (κ1) is 35.6. The van der Waals surface area contributed by atoms with Crippen molar-refractivity contribution in [1.82, 2.24) is 9.58 Å². The number of aromatic nitrogens is 1. The normalized spacial score (nSPS) is 19.4. The zero-order valence-electron chi connectivity index (χ0n) is 32.0. The summed E-state index contributed by atoms with van der Waals surface area (Å²) < 4.78 is 2.43. The number of fused-ring (bicyclic) bond motifs is 3. The van der Waals surface area contributed by atoms with Crippen molar-refractivity contribution in [3.8, 4) is 11.4 Å². The first-order valence-electron chi connectivity index (χ1n) is 20.4. The van der Waals surface area contributed by atoms with Gasteiger partial charge < -0.3 is 15.4 Å². The smallest absolute Gasteiger partial charge is 0.127 e. The van der Waals surface area contributed by atoms with Crippen molar-refractivity contribution >= 4 is 39.5 Å². The van der Waals surface area contributed by atoms with Crippen LogP contribution in [0.3, 0.4) is 0 Å². The Morgan fingerprint density at radius 1 is 0.786 bits per heavy atom. The number of aryl methyl sites for hydroxylation is 1. The van der Waals surface area contributed by atoms with Crippen LogP contribution in [0, 0.1) is 11.8 Å². The second-order valence-electron chi connectivity index (χ2n) is 15.7. The molecular formula is C51H50N4O. The Balaban J connectivity index is 0.938. The van der Waals surface area contributed by atoms with E-state index < -0.39 is 0 Å². The van der Waals surface area contributed by atoms with Crippen molar-refractivity contribution in [3.63, 3.8) is 0 Å². The Morgan fingerprint density at radius 3 is 2.36 bits per heavy atom. The SMILES string of the molecule is N/C(=N\N(Cc1ccccc1)CC1CC=CCC1)C1C=CC(c2ccc3c(c2)c2c(n3-c3ccc(C4=CC=C(c5ccccc5O)CC4)cc3)C=CCC2)=CC1. The predicted molar refractivity (Wildman–Crippen MR) is 234 cm³/mol. The van der Waals surface area contributed by atoms with Crippen molar-refractivity contribution in [3.05, 3.63) is 179 Å². The van der Waals surface area contributed by atoms with Crippen LogP contribution in [0.5, 0.6) is 5.75 Å². The number of hydrazone groups is 1. The zero-order valence-corrected chi connectivity index (χ0v) is 32.0. The van der Waals surface area contributed by atoms with Crippen LogP contribution in [0.25, 0.3) is 39.4 Å². The number of hydrogen-bond acceptors (Lipinski definition) is 3. The number of aromatic hydroxyl groups is 1. The summed E-state index contributed by atoms with van der Waals surface area (Å²) in [5.41, 5.74) is 20.3. The third-order valence-corrected chi connectivity index (χ3v) is 12.0. The highest BCUT2D eigenvalue weighted by Crippen LogP contribution is 2.38. The topological polar surface area (TPSA) is 66.8 Å². The Hall–Kier alpha value is -6.07. The van der Waals surface area contributed by atoms with Gasteiger partial charge in [-0.05, 0) is 133 Å². The summed E-state index contributed by atoms with van der Waals surface area (Å²) in [5.74, 6) is 1.71. The van der Waals surface area contributed by atoms with E-state index in [9.17, 15) is 5.11 Å². The third-order valence-electron chi connectivity index (χ3n) is 12.0. The minimum atomic E-state index is 0.0775. The van der Waals surface area contributed by atoms with Gasteiger partial charge in [0.05, 0.1) is 12.1 Å². The lowest BCUT2D eigenvalue weighted by Crippen LogP contribution is -2.31. The predicted octanol–water partition coefficient (Wildman–Crippen LogP) is 11.6. The second kappa shape index (κ2) is 16.0. The molecule has 2 unspecified atom stereocenters. The summed E-state index contributed by atoms with van der Waals surface area (Å²) in [4.78, 5) is 0. The number of benzene rings is 4. The number of para-hydroxylation sites is 1. The maximum absolute atomic E-state index is 10.3. The maximum atomic E-state index is 10.3. The number of nitrogens with zero attached hydrogens (tertiary/aromatic N) is 3. The molecule has 2 atom stereocenters. The fourth-order valence-electron chi connectivity index (χ4n) is 8.91. The van der Waals surface area contributed by atoms with E-state index in [0.717, 1.165) is 63.6 Å². The third kappa shape index (κ3) is 7.46. The molecule has 56 heavy (non-hydrogen) atoms. The molecule has 0 saturated carbocycles. The lowest BCUT2D eigenvalue weighted by molar-refractivity contribution is 0.222. The van der Waals surface area contributed by atoms with E-state index >= 15 is 0 Å². The van der Waals surface area contributed by atoms with Gasteiger partial charge in [0.1, 0.15) is 11.6 Å². The van der Waals surface area contributed by atoms with E-state index in [2.05, 4.69) is 137 Å². The second-order valence-corrected chi connectivity index (χ2v) is 15.7. The van der Waals surface area contributed by atoms with Crippen LogP contribution in [0.4, 0.5) is 0 Å². The summed E-state index contributed by atoms with van der Waals surface area (Å²) in [7, 11) is 0. The lowest BCUT2D eigenvalue weighted by atomic mass is 9.89. The number of phenols is 1. The van der Waals surface area contributed by atoms with Crippen LogP contribution < -0.4 is 5.73 Å². The molecule has 0 amide bonds. The summed E-state index contributed by atoms with van der Waals surface area (Å²) in [5, 5.41) is 18.9. The van der Waals surface area contributed by atoms with Crippen molar-refractivity contribution in [1.29, 1.82) is 0 Å². The molecule has 4 aliphatic carbocycles. The quantitative estimate of drug-likeness (QED) is 0.0650. The summed E-state index contributed by atoms with van der Waals surface area (Å²) >= 11 is 0. The van der Waals surface area contributed by atoms with Gasteiger partial charge in [0, 0.05) is 34.8 Å². The molecule has 5 heteroatoms.